The highest BCUT2D eigenvalue weighted by Gasteiger charge is 1.97. The molecule has 11 heavy (non-hydrogen) atoms. The highest BCUT2D eigenvalue weighted by Crippen LogP contribution is 2.05. The molecule has 5 nitrogen and oxygen atoms in total. The SMILES string of the molecule is OOOOc1cccc(F)n1. The Morgan fingerprint density at radius 3 is 2.91 bits per heavy atom. The Morgan fingerprint density at radius 1 is 1.45 bits per heavy atom. The molecule has 0 spiro atoms. The third kappa shape index (κ3) is 2.46. The van der Waals surface area contributed by atoms with Gasteiger partial charge in [0.05, 0.1) is 0 Å². The molecule has 0 saturated carbocycles. The van der Waals surface area contributed by atoms with Crippen molar-refractivity contribution in [1.29, 1.82) is 0 Å². The Kier molecular flexibility index (Phi) is 2.73. The lowest BCUT2D eigenvalue weighted by molar-refractivity contribution is -0.594. The zero-order valence-electron chi connectivity index (χ0n) is 5.23. The van der Waals surface area contributed by atoms with E-state index < -0.39 is 5.95 Å². The van der Waals surface area contributed by atoms with Gasteiger partial charge in [-0.3, -0.25) is 4.89 Å². The molecular formula is C5H4FNO4. The minimum absolute atomic E-state index is 0.154. The van der Waals surface area contributed by atoms with Gasteiger partial charge in [-0.1, -0.05) is 6.07 Å². The molecule has 0 radical (unpaired) electrons. The van der Waals surface area contributed by atoms with Crippen molar-refractivity contribution in [3.8, 4) is 5.88 Å². The summed E-state index contributed by atoms with van der Waals surface area (Å²) in [7, 11) is 0. The molecule has 60 valence electrons. The molecular weight excluding hydrogens is 157 g/mol. The van der Waals surface area contributed by atoms with Gasteiger partial charge in [0.25, 0.3) is 5.88 Å². The first-order valence-corrected chi connectivity index (χ1v) is 2.60. The fraction of sp³-hybridized carbons (Fsp3) is 0. The van der Waals surface area contributed by atoms with E-state index in [4.69, 9.17) is 5.26 Å². The minimum atomic E-state index is -0.718. The summed E-state index contributed by atoms with van der Waals surface area (Å²) in [6.07, 6.45) is 0. The highest BCUT2D eigenvalue weighted by molar-refractivity contribution is 5.09. The summed E-state index contributed by atoms with van der Waals surface area (Å²) in [4.78, 5) is 7.32. The predicted molar refractivity (Wildman–Crippen MR) is 29.6 cm³/mol. The van der Waals surface area contributed by atoms with Crippen molar-refractivity contribution in [2.45, 2.75) is 0 Å². The van der Waals surface area contributed by atoms with Crippen LogP contribution in [0.15, 0.2) is 18.2 Å². The first-order valence-electron chi connectivity index (χ1n) is 2.60. The van der Waals surface area contributed by atoms with E-state index in [9.17, 15) is 4.39 Å². The van der Waals surface area contributed by atoms with E-state index in [0.717, 1.165) is 6.07 Å². The maximum Gasteiger partial charge on any atom is 0.262 e. The summed E-state index contributed by atoms with van der Waals surface area (Å²) in [6, 6.07) is 3.81. The Labute approximate surface area is 60.7 Å². The molecule has 0 atom stereocenters. The maximum absolute atomic E-state index is 12.2. The third-order valence-corrected chi connectivity index (χ3v) is 0.839. The molecule has 0 saturated heterocycles. The van der Waals surface area contributed by atoms with Crippen molar-refractivity contribution < 1.29 is 24.6 Å². The summed E-state index contributed by atoms with van der Waals surface area (Å²) >= 11 is 0. The van der Waals surface area contributed by atoms with Gasteiger partial charge in [-0.2, -0.15) is 9.37 Å². The zero-order valence-corrected chi connectivity index (χ0v) is 5.23. The largest absolute Gasteiger partial charge is 0.285 e. The molecule has 0 fully saturated rings. The number of aromatic nitrogens is 1. The Bertz CT molecular complexity index is 231. The van der Waals surface area contributed by atoms with E-state index >= 15 is 0 Å². The molecule has 0 aliphatic rings. The van der Waals surface area contributed by atoms with Crippen LogP contribution in [0.2, 0.25) is 0 Å². The highest BCUT2D eigenvalue weighted by atomic mass is 19.1. The fourth-order valence-electron chi connectivity index (χ4n) is 0.486. The lowest BCUT2D eigenvalue weighted by Gasteiger charge is -1.96. The summed E-state index contributed by atoms with van der Waals surface area (Å²) in [5, 5.41) is 14.3. The van der Waals surface area contributed by atoms with Gasteiger partial charge < -0.3 is 0 Å². The number of nitrogens with zero attached hydrogens (tertiary/aromatic N) is 1. The second-order valence-corrected chi connectivity index (χ2v) is 1.52. The number of pyridine rings is 1. The third-order valence-electron chi connectivity index (χ3n) is 0.839. The van der Waals surface area contributed by atoms with Crippen LogP contribution in [-0.4, -0.2) is 10.2 Å². The molecule has 0 amide bonds. The second kappa shape index (κ2) is 3.81. The molecule has 6 heteroatoms. The smallest absolute Gasteiger partial charge is 0.262 e. The first kappa shape index (κ1) is 7.86. The van der Waals surface area contributed by atoms with E-state index in [-0.39, 0.29) is 5.88 Å². The van der Waals surface area contributed by atoms with Crippen LogP contribution in [0.4, 0.5) is 4.39 Å². The van der Waals surface area contributed by atoms with Crippen LogP contribution in [0, 0.1) is 5.95 Å². The van der Waals surface area contributed by atoms with E-state index in [1.54, 1.807) is 0 Å². The second-order valence-electron chi connectivity index (χ2n) is 1.52. The normalized spacial score (nSPS) is 9.64. The quantitative estimate of drug-likeness (QED) is 0.406. The van der Waals surface area contributed by atoms with E-state index in [1.807, 2.05) is 0 Å². The van der Waals surface area contributed by atoms with Crippen molar-refractivity contribution in [3.05, 3.63) is 24.1 Å². The minimum Gasteiger partial charge on any atom is -0.285 e. The average molecular weight is 161 g/mol. The summed E-state index contributed by atoms with van der Waals surface area (Å²) < 4.78 is 12.2. The van der Waals surface area contributed by atoms with Gasteiger partial charge in [0, 0.05) is 11.1 Å². The lowest BCUT2D eigenvalue weighted by atomic mass is 10.5. The number of rotatable bonds is 3. The average Bonchev–Trinajstić information content (AvgIpc) is 2.01. The van der Waals surface area contributed by atoms with Gasteiger partial charge in [-0.05, 0) is 11.1 Å². The summed E-state index contributed by atoms with van der Waals surface area (Å²) in [5.41, 5.74) is 0. The first-order chi connectivity index (χ1) is 5.33. The number of halogens is 1. The van der Waals surface area contributed by atoms with E-state index in [1.165, 1.54) is 12.1 Å². The molecule has 0 bridgehead atoms. The van der Waals surface area contributed by atoms with Gasteiger partial charge in [0.1, 0.15) is 0 Å². The maximum atomic E-state index is 12.2. The van der Waals surface area contributed by atoms with Crippen LogP contribution in [-0.2, 0) is 10.1 Å². The lowest BCUT2D eigenvalue weighted by Crippen LogP contribution is -1.98. The summed E-state index contributed by atoms with van der Waals surface area (Å²) in [5.74, 6) is -0.872. The fourth-order valence-corrected chi connectivity index (χ4v) is 0.486. The van der Waals surface area contributed by atoms with Crippen molar-refractivity contribution in [1.82, 2.24) is 4.98 Å². The molecule has 0 unspecified atom stereocenters. The monoisotopic (exact) mass is 161 g/mol. The van der Waals surface area contributed by atoms with Gasteiger partial charge in [-0.25, -0.2) is 5.26 Å². The molecule has 1 aromatic heterocycles. The predicted octanol–water partition coefficient (Wildman–Crippen LogP) is 0.936. The van der Waals surface area contributed by atoms with E-state index in [2.05, 4.69) is 19.9 Å². The Balaban J connectivity index is 2.56. The molecule has 0 aliphatic carbocycles. The van der Waals surface area contributed by atoms with Crippen LogP contribution >= 0.6 is 0 Å². The van der Waals surface area contributed by atoms with Crippen LogP contribution in [0.3, 0.4) is 0 Å². The Hall–Kier alpha value is -1.24. The standard InChI is InChI=1S/C5H4FNO4/c6-4-2-1-3-5(7-4)9-11-10-8/h1-3,8H. The van der Waals surface area contributed by atoms with Crippen LogP contribution in [0.5, 0.6) is 5.88 Å². The molecule has 1 rings (SSSR count). The van der Waals surface area contributed by atoms with Crippen LogP contribution in [0.1, 0.15) is 0 Å². The number of hydrogen-bond donors (Lipinski definition) is 1. The molecule has 0 aliphatic heterocycles. The van der Waals surface area contributed by atoms with Gasteiger partial charge in [-0.15, -0.1) is 0 Å². The summed E-state index contributed by atoms with van der Waals surface area (Å²) in [6.45, 7) is 0. The van der Waals surface area contributed by atoms with Crippen molar-refractivity contribution in [2.75, 3.05) is 0 Å². The van der Waals surface area contributed by atoms with Crippen molar-refractivity contribution >= 4 is 0 Å². The van der Waals surface area contributed by atoms with Gasteiger partial charge in [0.2, 0.25) is 5.95 Å². The van der Waals surface area contributed by atoms with Gasteiger partial charge in [0.15, 0.2) is 0 Å². The molecule has 0 aromatic carbocycles. The van der Waals surface area contributed by atoms with Crippen LogP contribution < -0.4 is 4.89 Å². The van der Waals surface area contributed by atoms with Crippen molar-refractivity contribution in [3.63, 3.8) is 0 Å². The van der Waals surface area contributed by atoms with Gasteiger partial charge >= 0.3 is 0 Å². The number of hydrogen-bond acceptors (Lipinski definition) is 5. The molecule has 1 N–H and O–H groups in total. The van der Waals surface area contributed by atoms with Crippen molar-refractivity contribution in [2.24, 2.45) is 0 Å². The van der Waals surface area contributed by atoms with Crippen LogP contribution in [0.25, 0.3) is 0 Å². The topological polar surface area (TPSA) is 60.8 Å². The Morgan fingerprint density at radius 2 is 2.27 bits per heavy atom. The van der Waals surface area contributed by atoms with E-state index in [0.29, 0.717) is 0 Å². The zero-order chi connectivity index (χ0) is 8.10. The molecule has 1 heterocycles. The molecule has 1 aromatic rings.